The van der Waals surface area contributed by atoms with Gasteiger partial charge in [0.1, 0.15) is 6.33 Å². The second kappa shape index (κ2) is 3.49. The monoisotopic (exact) mass is 208 g/mol. The number of aryl methyl sites for hydroxylation is 1. The highest BCUT2D eigenvalue weighted by molar-refractivity contribution is 5.77. The van der Waals surface area contributed by atoms with Crippen molar-refractivity contribution < 1.29 is 0 Å². The Morgan fingerprint density at radius 3 is 2.56 bits per heavy atom. The summed E-state index contributed by atoms with van der Waals surface area (Å²) in [5, 5.41) is 0. The average Bonchev–Trinajstić information content (AvgIpc) is 2.74. The highest BCUT2D eigenvalue weighted by Crippen LogP contribution is 2.19. The van der Waals surface area contributed by atoms with Crippen LogP contribution in [0.25, 0.3) is 16.7 Å². The maximum absolute atomic E-state index is 4.40. The van der Waals surface area contributed by atoms with Crippen molar-refractivity contribution >= 4 is 11.0 Å². The first-order valence-electron chi connectivity index (χ1n) is 5.34. The zero-order chi connectivity index (χ0) is 11.0. The number of fused-ring (bicyclic) bond motifs is 1. The van der Waals surface area contributed by atoms with E-state index in [1.807, 2.05) is 24.5 Å². The molecule has 2 heteroatoms. The summed E-state index contributed by atoms with van der Waals surface area (Å²) in [6.45, 7) is 2.12. The zero-order valence-corrected chi connectivity index (χ0v) is 9.09. The molecule has 1 aromatic heterocycles. The van der Waals surface area contributed by atoms with Gasteiger partial charge < -0.3 is 0 Å². The Balaban J connectivity index is 2.31. The number of rotatable bonds is 1. The van der Waals surface area contributed by atoms with Gasteiger partial charge in [0.05, 0.1) is 16.7 Å². The number of para-hydroxylation sites is 3. The van der Waals surface area contributed by atoms with E-state index in [-0.39, 0.29) is 0 Å². The highest BCUT2D eigenvalue weighted by Gasteiger charge is 2.04. The van der Waals surface area contributed by atoms with E-state index >= 15 is 0 Å². The number of aromatic nitrogens is 2. The van der Waals surface area contributed by atoms with Gasteiger partial charge in [0.25, 0.3) is 0 Å². The molecule has 0 unspecified atom stereocenters. The Hall–Kier alpha value is -2.09. The summed E-state index contributed by atoms with van der Waals surface area (Å²) in [4.78, 5) is 4.40. The lowest BCUT2D eigenvalue weighted by atomic mass is 10.2. The van der Waals surface area contributed by atoms with Crippen LogP contribution < -0.4 is 0 Å². The van der Waals surface area contributed by atoms with Gasteiger partial charge in [0.15, 0.2) is 0 Å². The average molecular weight is 208 g/mol. The summed E-state index contributed by atoms with van der Waals surface area (Å²) in [5.41, 5.74) is 4.63. The van der Waals surface area contributed by atoms with Gasteiger partial charge in [-0.15, -0.1) is 0 Å². The molecule has 16 heavy (non-hydrogen) atoms. The van der Waals surface area contributed by atoms with Crippen LogP contribution in [0.1, 0.15) is 5.56 Å². The molecule has 0 atom stereocenters. The minimum atomic E-state index is 1.03. The smallest absolute Gasteiger partial charge is 0.100 e. The van der Waals surface area contributed by atoms with Crippen molar-refractivity contribution in [3.63, 3.8) is 0 Å². The van der Waals surface area contributed by atoms with Gasteiger partial charge in [0.2, 0.25) is 0 Å². The van der Waals surface area contributed by atoms with Crippen molar-refractivity contribution in [2.45, 2.75) is 6.92 Å². The molecule has 2 nitrogen and oxygen atoms in total. The Bertz CT molecular complexity index is 638. The van der Waals surface area contributed by atoms with Crippen LogP contribution in [-0.2, 0) is 0 Å². The van der Waals surface area contributed by atoms with Crippen molar-refractivity contribution in [2.75, 3.05) is 0 Å². The lowest BCUT2D eigenvalue weighted by Gasteiger charge is -2.07. The summed E-state index contributed by atoms with van der Waals surface area (Å²) >= 11 is 0. The second-order valence-electron chi connectivity index (χ2n) is 3.89. The molecule has 78 valence electrons. The van der Waals surface area contributed by atoms with Crippen molar-refractivity contribution in [3.8, 4) is 5.69 Å². The first-order chi connectivity index (χ1) is 7.86. The van der Waals surface area contributed by atoms with Gasteiger partial charge in [-0.3, -0.25) is 4.57 Å². The fraction of sp³-hybridized carbons (Fsp3) is 0.0714. The standard InChI is InChI=1S/C14H12N2/c1-11-6-2-4-8-13(11)16-10-15-12-7-3-5-9-14(12)16/h2-10H,1H3. The third-order valence-corrected chi connectivity index (χ3v) is 2.83. The SMILES string of the molecule is Cc1ccccc1-n1cnc2ccccc21. The first kappa shape index (κ1) is 9.16. The molecule has 0 saturated carbocycles. The third-order valence-electron chi connectivity index (χ3n) is 2.83. The van der Waals surface area contributed by atoms with Gasteiger partial charge in [-0.05, 0) is 30.7 Å². The van der Waals surface area contributed by atoms with Crippen molar-refractivity contribution in [1.82, 2.24) is 9.55 Å². The van der Waals surface area contributed by atoms with Crippen LogP contribution in [-0.4, -0.2) is 9.55 Å². The van der Waals surface area contributed by atoms with Gasteiger partial charge >= 0.3 is 0 Å². The van der Waals surface area contributed by atoms with E-state index in [1.54, 1.807) is 0 Å². The Morgan fingerprint density at radius 2 is 1.69 bits per heavy atom. The molecule has 0 aliphatic heterocycles. The molecular formula is C14H12N2. The first-order valence-corrected chi connectivity index (χ1v) is 5.34. The summed E-state index contributed by atoms with van der Waals surface area (Å²) in [6.07, 6.45) is 1.88. The second-order valence-corrected chi connectivity index (χ2v) is 3.89. The van der Waals surface area contributed by atoms with E-state index in [0.717, 1.165) is 11.0 Å². The molecule has 2 aromatic carbocycles. The molecule has 0 spiro atoms. The van der Waals surface area contributed by atoms with E-state index in [2.05, 4.69) is 46.8 Å². The number of hydrogen-bond donors (Lipinski definition) is 0. The molecule has 3 aromatic rings. The maximum atomic E-state index is 4.40. The van der Waals surface area contributed by atoms with E-state index in [0.29, 0.717) is 0 Å². The molecule has 3 rings (SSSR count). The Morgan fingerprint density at radius 1 is 0.938 bits per heavy atom. The van der Waals surface area contributed by atoms with Gasteiger partial charge in [-0.25, -0.2) is 4.98 Å². The van der Waals surface area contributed by atoms with Crippen LogP contribution >= 0.6 is 0 Å². The van der Waals surface area contributed by atoms with Crippen molar-refractivity contribution in [2.24, 2.45) is 0 Å². The third kappa shape index (κ3) is 1.31. The molecule has 0 saturated heterocycles. The number of imidazole rings is 1. The molecule has 0 aliphatic rings. The lowest BCUT2D eigenvalue weighted by molar-refractivity contribution is 1.07. The van der Waals surface area contributed by atoms with E-state index in [1.165, 1.54) is 11.3 Å². The minimum absolute atomic E-state index is 1.03. The molecule has 0 amide bonds. The van der Waals surface area contributed by atoms with Crippen LogP contribution in [0.15, 0.2) is 54.9 Å². The quantitative estimate of drug-likeness (QED) is 0.599. The van der Waals surface area contributed by atoms with Gasteiger partial charge in [0, 0.05) is 0 Å². The number of hydrogen-bond acceptors (Lipinski definition) is 1. The molecule has 0 bridgehead atoms. The van der Waals surface area contributed by atoms with Crippen LogP contribution in [0, 0.1) is 6.92 Å². The lowest BCUT2D eigenvalue weighted by Crippen LogP contribution is -1.94. The zero-order valence-electron chi connectivity index (χ0n) is 9.09. The maximum Gasteiger partial charge on any atom is 0.100 e. The predicted molar refractivity (Wildman–Crippen MR) is 65.8 cm³/mol. The minimum Gasteiger partial charge on any atom is -0.299 e. The van der Waals surface area contributed by atoms with E-state index in [4.69, 9.17) is 0 Å². The largest absolute Gasteiger partial charge is 0.299 e. The van der Waals surface area contributed by atoms with Crippen LogP contribution in [0.2, 0.25) is 0 Å². The highest BCUT2D eigenvalue weighted by atomic mass is 15.0. The Labute approximate surface area is 94.2 Å². The van der Waals surface area contributed by atoms with Crippen LogP contribution in [0.5, 0.6) is 0 Å². The number of benzene rings is 2. The van der Waals surface area contributed by atoms with E-state index in [9.17, 15) is 0 Å². The fourth-order valence-electron chi connectivity index (χ4n) is 1.98. The van der Waals surface area contributed by atoms with Crippen LogP contribution in [0.3, 0.4) is 0 Å². The summed E-state index contributed by atoms with van der Waals surface area (Å²) in [7, 11) is 0. The van der Waals surface area contributed by atoms with Crippen LogP contribution in [0.4, 0.5) is 0 Å². The Kier molecular flexibility index (Phi) is 2.00. The molecule has 0 fully saturated rings. The molecular weight excluding hydrogens is 196 g/mol. The molecule has 1 heterocycles. The van der Waals surface area contributed by atoms with Gasteiger partial charge in [-0.2, -0.15) is 0 Å². The van der Waals surface area contributed by atoms with Crippen molar-refractivity contribution in [3.05, 3.63) is 60.4 Å². The topological polar surface area (TPSA) is 17.8 Å². The van der Waals surface area contributed by atoms with Crippen molar-refractivity contribution in [1.29, 1.82) is 0 Å². The fourth-order valence-corrected chi connectivity index (χ4v) is 1.98. The summed E-state index contributed by atoms with van der Waals surface area (Å²) in [5.74, 6) is 0. The van der Waals surface area contributed by atoms with Gasteiger partial charge in [-0.1, -0.05) is 30.3 Å². The molecule has 0 aliphatic carbocycles. The summed E-state index contributed by atoms with van der Waals surface area (Å²) < 4.78 is 2.13. The molecule has 0 radical (unpaired) electrons. The number of nitrogens with zero attached hydrogens (tertiary/aromatic N) is 2. The summed E-state index contributed by atoms with van der Waals surface area (Å²) in [6, 6.07) is 16.5. The van der Waals surface area contributed by atoms with E-state index < -0.39 is 0 Å². The predicted octanol–water partition coefficient (Wildman–Crippen LogP) is 3.33. The normalized spacial score (nSPS) is 10.8. The molecule has 0 N–H and O–H groups in total.